The largest absolute Gasteiger partial charge is 3.00 e. The zero-order valence-electron chi connectivity index (χ0n) is 17.8. The predicted molar refractivity (Wildman–Crippen MR) is 142 cm³/mol. The fourth-order valence-corrected chi connectivity index (χ4v) is 3.98. The van der Waals surface area contributed by atoms with Crippen LogP contribution in [-0.2, 0) is 57.4 Å². The molecule has 0 bridgehead atoms. The van der Waals surface area contributed by atoms with Gasteiger partial charge in [-0.3, -0.25) is 15.0 Å². The van der Waals surface area contributed by atoms with Gasteiger partial charge in [0.2, 0.25) is 0 Å². The fourth-order valence-electron chi connectivity index (χ4n) is 3.23. The molecule has 0 aliphatic heterocycles. The van der Waals surface area contributed by atoms with Crippen molar-refractivity contribution in [3.05, 3.63) is 110 Å². The number of aromatic nitrogens is 3. The number of hydrogen-bond acceptors (Lipinski definition) is 6. The molecular weight excluding hydrogens is 564 g/mol. The molecular formula is C27H18N3RuS3. The van der Waals surface area contributed by atoms with Crippen LogP contribution in [0.15, 0.2) is 124 Å². The van der Waals surface area contributed by atoms with Crippen molar-refractivity contribution in [2.45, 2.75) is 14.7 Å². The van der Waals surface area contributed by atoms with Gasteiger partial charge in [0.15, 0.2) is 0 Å². The summed E-state index contributed by atoms with van der Waals surface area (Å²) in [6, 6.07) is 29.3. The Hall–Kier alpha value is -2.83. The average Bonchev–Trinajstić information content (AvgIpc) is 2.86. The molecule has 3 heterocycles. The van der Waals surface area contributed by atoms with E-state index in [1.807, 2.05) is 91.0 Å². The maximum atomic E-state index is 5.09. The van der Waals surface area contributed by atoms with Crippen LogP contribution in [0.3, 0.4) is 0 Å². The van der Waals surface area contributed by atoms with Crippen LogP contribution in [0.1, 0.15) is 0 Å². The van der Waals surface area contributed by atoms with Gasteiger partial charge >= 0.3 is 19.5 Å². The minimum atomic E-state index is 0. The van der Waals surface area contributed by atoms with E-state index in [1.54, 1.807) is 18.6 Å². The van der Waals surface area contributed by atoms with Crippen molar-refractivity contribution < 1.29 is 19.5 Å². The number of para-hydroxylation sites is 3. The standard InChI is InChI=1S/3C9H7NS.Ru/c3*11-8-5-1-3-7-4-2-6-10-9(7)8;/h3*1-6,11H;/q;;;+3/p-3. The second-order valence-corrected chi connectivity index (χ2v) is 8.31. The monoisotopic (exact) mass is 582 g/mol. The summed E-state index contributed by atoms with van der Waals surface area (Å²) in [5, 5.41) is 3.33. The Balaban J connectivity index is 0.000000141. The first-order valence-corrected chi connectivity index (χ1v) is 11.4. The molecule has 34 heavy (non-hydrogen) atoms. The summed E-state index contributed by atoms with van der Waals surface area (Å²) in [6.45, 7) is 0. The predicted octanol–water partition coefficient (Wildman–Crippen LogP) is 6.42. The van der Waals surface area contributed by atoms with Gasteiger partial charge in [-0.1, -0.05) is 72.8 Å². The van der Waals surface area contributed by atoms with Gasteiger partial charge in [0.05, 0.1) is 16.6 Å². The van der Waals surface area contributed by atoms with E-state index in [0.29, 0.717) is 0 Å². The Morgan fingerprint density at radius 2 is 0.647 bits per heavy atom. The molecule has 1 radical (unpaired) electrons. The fraction of sp³-hybridized carbons (Fsp3) is 0. The van der Waals surface area contributed by atoms with Crippen LogP contribution in [0.25, 0.3) is 32.7 Å². The van der Waals surface area contributed by atoms with Crippen molar-refractivity contribution in [3.63, 3.8) is 0 Å². The molecule has 7 heteroatoms. The van der Waals surface area contributed by atoms with Gasteiger partial charge in [-0.05, 0) is 34.4 Å². The van der Waals surface area contributed by atoms with Crippen molar-refractivity contribution in [2.24, 2.45) is 0 Å². The van der Waals surface area contributed by atoms with Crippen molar-refractivity contribution in [1.29, 1.82) is 0 Å². The zero-order chi connectivity index (χ0) is 23.0. The molecule has 3 nitrogen and oxygen atoms in total. The third-order valence-corrected chi connectivity index (χ3v) is 5.78. The smallest absolute Gasteiger partial charge is 0.778 e. The van der Waals surface area contributed by atoms with Gasteiger partial charge < -0.3 is 37.9 Å². The molecule has 167 valence electrons. The molecule has 3 aromatic carbocycles. The van der Waals surface area contributed by atoms with Crippen molar-refractivity contribution >= 4 is 70.6 Å². The maximum absolute atomic E-state index is 5.09. The number of nitrogens with zero attached hydrogens (tertiary/aromatic N) is 3. The third kappa shape index (κ3) is 6.40. The van der Waals surface area contributed by atoms with Gasteiger partial charge in [0, 0.05) is 18.6 Å². The van der Waals surface area contributed by atoms with Crippen LogP contribution in [0, 0.1) is 0 Å². The second kappa shape index (κ2) is 12.6. The van der Waals surface area contributed by atoms with Crippen molar-refractivity contribution in [3.8, 4) is 0 Å². The van der Waals surface area contributed by atoms with E-state index in [2.05, 4.69) is 15.0 Å². The van der Waals surface area contributed by atoms with Gasteiger partial charge in [0.25, 0.3) is 0 Å². The van der Waals surface area contributed by atoms with Crippen LogP contribution in [0.2, 0.25) is 0 Å². The summed E-state index contributed by atoms with van der Waals surface area (Å²) >= 11 is 15.3. The quantitative estimate of drug-likeness (QED) is 0.152. The molecule has 0 aliphatic carbocycles. The molecule has 3 aromatic heterocycles. The molecule has 0 fully saturated rings. The molecule has 6 aromatic rings. The normalized spacial score (nSPS) is 9.88. The van der Waals surface area contributed by atoms with Crippen molar-refractivity contribution in [2.75, 3.05) is 0 Å². The minimum absolute atomic E-state index is 0. The molecule has 0 amide bonds. The van der Waals surface area contributed by atoms with E-state index < -0.39 is 0 Å². The summed E-state index contributed by atoms with van der Waals surface area (Å²) in [5.41, 5.74) is 2.76. The first-order valence-electron chi connectivity index (χ1n) is 10.2. The van der Waals surface area contributed by atoms with E-state index in [-0.39, 0.29) is 19.5 Å². The van der Waals surface area contributed by atoms with E-state index in [4.69, 9.17) is 37.9 Å². The Bertz CT molecular complexity index is 1330. The Kier molecular flexibility index (Phi) is 9.55. The van der Waals surface area contributed by atoms with Crippen LogP contribution in [-0.4, -0.2) is 15.0 Å². The Morgan fingerprint density at radius 1 is 0.382 bits per heavy atom. The summed E-state index contributed by atoms with van der Waals surface area (Å²) < 4.78 is 0. The van der Waals surface area contributed by atoms with E-state index in [9.17, 15) is 0 Å². The average molecular weight is 582 g/mol. The Morgan fingerprint density at radius 3 is 0.912 bits per heavy atom. The van der Waals surface area contributed by atoms with Crippen LogP contribution in [0.5, 0.6) is 0 Å². The topological polar surface area (TPSA) is 38.7 Å². The first kappa shape index (κ1) is 25.8. The molecule has 0 spiro atoms. The summed E-state index contributed by atoms with van der Waals surface area (Å²) in [7, 11) is 0. The summed E-state index contributed by atoms with van der Waals surface area (Å²) in [6.07, 6.45) is 5.29. The number of hydrogen-bond donors (Lipinski definition) is 0. The van der Waals surface area contributed by atoms with Gasteiger partial charge in [-0.15, -0.1) is 14.7 Å². The molecule has 0 unspecified atom stereocenters. The number of pyridine rings is 3. The molecule has 0 saturated heterocycles. The van der Waals surface area contributed by atoms with E-state index >= 15 is 0 Å². The zero-order valence-corrected chi connectivity index (χ0v) is 22.0. The SMILES string of the molecule is [Ru+3].[S-]c1cccc2cccnc12.[S-]c1cccc2cccnc12.[S-]c1cccc2cccnc12. The molecule has 0 aliphatic rings. The first-order chi connectivity index (χ1) is 16.1. The number of rotatable bonds is 0. The molecule has 6 rings (SSSR count). The molecule has 0 atom stereocenters. The molecule has 0 N–H and O–H groups in total. The number of fused-ring (bicyclic) bond motifs is 3. The third-order valence-electron chi connectivity index (χ3n) is 4.79. The van der Waals surface area contributed by atoms with Crippen LogP contribution < -0.4 is 0 Å². The van der Waals surface area contributed by atoms with Crippen molar-refractivity contribution in [1.82, 2.24) is 15.0 Å². The van der Waals surface area contributed by atoms with Gasteiger partial charge in [0.1, 0.15) is 0 Å². The van der Waals surface area contributed by atoms with E-state index in [0.717, 1.165) is 47.4 Å². The summed E-state index contributed by atoms with van der Waals surface area (Å²) in [5.74, 6) is 0. The van der Waals surface area contributed by atoms with Gasteiger partial charge in [-0.25, -0.2) is 0 Å². The maximum Gasteiger partial charge on any atom is 3.00 e. The number of benzene rings is 3. The van der Waals surface area contributed by atoms with Crippen LogP contribution in [0.4, 0.5) is 0 Å². The van der Waals surface area contributed by atoms with Gasteiger partial charge in [-0.2, -0.15) is 0 Å². The van der Waals surface area contributed by atoms with Crippen LogP contribution >= 0.6 is 0 Å². The second-order valence-electron chi connectivity index (χ2n) is 6.99. The molecule has 0 saturated carbocycles. The Labute approximate surface area is 228 Å². The van der Waals surface area contributed by atoms with E-state index in [1.165, 1.54) is 0 Å². The minimum Gasteiger partial charge on any atom is -0.778 e. The summed E-state index contributed by atoms with van der Waals surface area (Å²) in [4.78, 5) is 15.0.